The Bertz CT molecular complexity index is 3530. The third-order valence-corrected chi connectivity index (χ3v) is 20.5. The lowest BCUT2D eigenvalue weighted by Gasteiger charge is -2.45. The summed E-state index contributed by atoms with van der Waals surface area (Å²) < 4.78 is 7.77. The third-order valence-electron chi connectivity index (χ3n) is 20.5. The number of hydrogen-bond acceptors (Lipinski definition) is 3. The van der Waals surface area contributed by atoms with Gasteiger partial charge in [-0.2, -0.15) is 0 Å². The van der Waals surface area contributed by atoms with Gasteiger partial charge in [0.1, 0.15) is 5.58 Å². The molecule has 0 spiro atoms. The van der Waals surface area contributed by atoms with E-state index in [4.69, 9.17) is 4.42 Å². The van der Waals surface area contributed by atoms with Gasteiger partial charge in [-0.3, -0.25) is 0 Å². The van der Waals surface area contributed by atoms with Crippen molar-refractivity contribution in [3.63, 3.8) is 0 Å². The van der Waals surface area contributed by atoms with Gasteiger partial charge in [0.15, 0.2) is 0 Å². The molecular weight excluding hydrogens is 896 g/mol. The highest BCUT2D eigenvalue weighted by molar-refractivity contribution is 6.99. The van der Waals surface area contributed by atoms with Gasteiger partial charge in [0.25, 0.3) is 6.71 Å². The molecule has 6 aliphatic rings. The Morgan fingerprint density at radius 1 is 0.514 bits per heavy atom. The van der Waals surface area contributed by atoms with E-state index in [0.717, 1.165) is 11.2 Å². The minimum absolute atomic E-state index is 0.0501. The Morgan fingerprint density at radius 2 is 1.09 bits per heavy atom. The van der Waals surface area contributed by atoms with Crippen LogP contribution in [0.4, 0.5) is 28.4 Å². The van der Waals surface area contributed by atoms with Crippen molar-refractivity contribution in [3.8, 4) is 11.1 Å². The maximum Gasteiger partial charge on any atom is 0.297 e. The number of furan rings is 1. The molecule has 2 bridgehead atoms. The first-order valence-electron chi connectivity index (χ1n) is 28.5. The van der Waals surface area contributed by atoms with Crippen LogP contribution in [0.1, 0.15) is 206 Å². The first-order chi connectivity index (χ1) is 34.6. The molecule has 0 radical (unpaired) electrons. The lowest BCUT2D eigenvalue weighted by Crippen LogP contribution is -2.61. The highest BCUT2D eigenvalue weighted by Crippen LogP contribution is 2.62. The number of fused-ring (bicyclic) bond motifs is 13. The zero-order chi connectivity index (χ0) is 52.2. The van der Waals surface area contributed by atoms with Gasteiger partial charge in [-0.15, -0.1) is 0 Å². The van der Waals surface area contributed by atoms with Crippen LogP contribution in [-0.4, -0.2) is 6.71 Å². The fourth-order valence-corrected chi connectivity index (χ4v) is 15.6. The summed E-state index contributed by atoms with van der Waals surface area (Å²) in [6.45, 7) is 39.8. The molecule has 13 rings (SSSR count). The number of nitrogens with zero attached hydrogens (tertiary/aromatic N) is 2. The van der Waals surface area contributed by atoms with Crippen molar-refractivity contribution in [2.24, 2.45) is 0 Å². The average Bonchev–Trinajstić information content (AvgIpc) is 3.96. The van der Waals surface area contributed by atoms with Crippen molar-refractivity contribution in [2.45, 2.75) is 206 Å². The van der Waals surface area contributed by atoms with Gasteiger partial charge in [-0.1, -0.05) is 165 Å². The highest BCUT2D eigenvalue weighted by Gasteiger charge is 2.54. The lowest BCUT2D eigenvalue weighted by molar-refractivity contribution is 0.331. The second-order valence-corrected chi connectivity index (χ2v) is 29.7. The van der Waals surface area contributed by atoms with Crippen molar-refractivity contribution in [3.05, 3.63) is 153 Å². The summed E-state index contributed by atoms with van der Waals surface area (Å²) in [4.78, 5) is 5.43. The molecule has 74 heavy (non-hydrogen) atoms. The normalized spacial score (nSPS) is 23.3. The van der Waals surface area contributed by atoms with E-state index in [-0.39, 0.29) is 50.0 Å². The Balaban J connectivity index is 1.14. The van der Waals surface area contributed by atoms with Gasteiger partial charge in [0.05, 0.1) is 11.3 Å². The van der Waals surface area contributed by atoms with E-state index in [2.05, 4.69) is 224 Å². The number of rotatable bonds is 4. The van der Waals surface area contributed by atoms with E-state index in [0.29, 0.717) is 6.54 Å². The van der Waals surface area contributed by atoms with Gasteiger partial charge in [-0.25, -0.2) is 0 Å². The van der Waals surface area contributed by atoms with Crippen molar-refractivity contribution in [1.82, 2.24) is 0 Å². The van der Waals surface area contributed by atoms with Crippen LogP contribution in [0.25, 0.3) is 22.1 Å². The molecule has 6 aromatic carbocycles. The molecule has 2 atom stereocenters. The lowest BCUT2D eigenvalue weighted by atomic mass is 9.35. The van der Waals surface area contributed by atoms with Crippen LogP contribution in [0.2, 0.25) is 0 Å². The second-order valence-electron chi connectivity index (χ2n) is 29.7. The van der Waals surface area contributed by atoms with Crippen LogP contribution in [0.3, 0.4) is 0 Å². The topological polar surface area (TPSA) is 19.6 Å². The maximum absolute atomic E-state index is 7.77. The van der Waals surface area contributed by atoms with E-state index in [9.17, 15) is 0 Å². The standard InChI is InChI=1S/C70H81BN2O/c1-63(2,3)44-22-25-56-55(33-44)71-60-57(34-45(64(4,5)6)35-58(60)73(56)46-23-24-49-51(36-46)67(11,12)27-26-65(49,7)8)72(61-48-38-53-54(39-59(48)74-62(61)71)70(16)31-30-69(53,15)41-70)40-43-32-50-52(68(13,14)29-28-66(50,9)10)37-47(43)42-20-18-17-19-21-42/h17-25,32-39H,26-31,40-41H2,1-16H3. The molecular formula is C70H81BN2O. The Morgan fingerprint density at radius 3 is 1.73 bits per heavy atom. The van der Waals surface area contributed by atoms with Crippen LogP contribution in [0.15, 0.2) is 108 Å². The Kier molecular flexibility index (Phi) is 9.85. The summed E-state index contributed by atoms with van der Waals surface area (Å²) in [7, 11) is 0. The van der Waals surface area contributed by atoms with Crippen molar-refractivity contribution >= 4 is 62.7 Å². The molecule has 3 heterocycles. The number of hydrogen-bond donors (Lipinski definition) is 0. The molecule has 0 N–H and O–H groups in total. The summed E-state index contributed by atoms with van der Waals surface area (Å²) in [5.41, 5.74) is 27.4. The van der Waals surface area contributed by atoms with Crippen LogP contribution < -0.4 is 26.4 Å². The van der Waals surface area contributed by atoms with Crippen molar-refractivity contribution in [2.75, 3.05) is 9.80 Å². The molecule has 380 valence electrons. The molecule has 2 aliphatic heterocycles. The minimum atomic E-state index is -0.129. The molecule has 3 nitrogen and oxygen atoms in total. The number of benzene rings is 6. The fraction of sp³-hybridized carbons (Fsp3) is 0.457. The predicted molar refractivity (Wildman–Crippen MR) is 316 cm³/mol. The van der Waals surface area contributed by atoms with E-state index >= 15 is 0 Å². The molecule has 2 unspecified atom stereocenters. The summed E-state index contributed by atoms with van der Waals surface area (Å²) in [5.74, 6) is 0. The molecule has 4 heteroatoms. The molecule has 7 aromatic rings. The highest BCUT2D eigenvalue weighted by atomic mass is 16.3. The third kappa shape index (κ3) is 6.90. The number of anilines is 5. The van der Waals surface area contributed by atoms with E-state index in [1.54, 1.807) is 5.56 Å². The summed E-state index contributed by atoms with van der Waals surface area (Å²) in [6, 6.07) is 41.8. The maximum atomic E-state index is 7.77. The zero-order valence-electron chi connectivity index (χ0n) is 47.9. The molecule has 0 saturated heterocycles. The summed E-state index contributed by atoms with van der Waals surface area (Å²) in [6.07, 6.45) is 8.42. The van der Waals surface area contributed by atoms with Crippen molar-refractivity contribution in [1.29, 1.82) is 0 Å². The van der Waals surface area contributed by atoms with Crippen LogP contribution in [0, 0.1) is 0 Å². The van der Waals surface area contributed by atoms with Crippen LogP contribution in [-0.2, 0) is 49.9 Å². The zero-order valence-corrected chi connectivity index (χ0v) is 47.9. The smallest absolute Gasteiger partial charge is 0.297 e. The van der Waals surface area contributed by atoms with Gasteiger partial charge < -0.3 is 14.2 Å². The Labute approximate surface area is 444 Å². The predicted octanol–water partition coefficient (Wildman–Crippen LogP) is 17.1. The first-order valence-corrected chi connectivity index (χ1v) is 28.5. The largest absolute Gasteiger partial charge is 0.468 e. The quantitative estimate of drug-likeness (QED) is 0.164. The summed E-state index contributed by atoms with van der Waals surface area (Å²) >= 11 is 0. The molecule has 1 fully saturated rings. The first kappa shape index (κ1) is 48.2. The molecule has 1 saturated carbocycles. The Hall–Kier alpha value is -5.48. The molecule has 1 aromatic heterocycles. The van der Waals surface area contributed by atoms with E-state index in [1.165, 1.54) is 145 Å². The SMILES string of the molecule is CC(C)(C)c1ccc2c(c1)B1c3oc4cc5c(cc4c3N(Cc3cc4c(cc3-c3ccccc3)C(C)(C)CCC4(C)C)c3cc(C(C)(C)C)cc(c31)N2c1ccc2c(c1)C(C)(C)CCC2(C)C)C1(C)CCC5(C)C1. The van der Waals surface area contributed by atoms with Gasteiger partial charge >= 0.3 is 0 Å². The molecule has 0 amide bonds. The van der Waals surface area contributed by atoms with Gasteiger partial charge in [-0.05, 0) is 209 Å². The van der Waals surface area contributed by atoms with Crippen LogP contribution >= 0.6 is 0 Å². The monoisotopic (exact) mass is 977 g/mol. The second kappa shape index (κ2) is 15.1. The van der Waals surface area contributed by atoms with Gasteiger partial charge in [0.2, 0.25) is 0 Å². The average molecular weight is 977 g/mol. The van der Waals surface area contributed by atoms with Crippen molar-refractivity contribution < 1.29 is 4.42 Å². The molecule has 4 aliphatic carbocycles. The van der Waals surface area contributed by atoms with E-state index < -0.39 is 0 Å². The fourth-order valence-electron chi connectivity index (χ4n) is 15.6. The van der Waals surface area contributed by atoms with Crippen LogP contribution in [0.5, 0.6) is 0 Å². The summed E-state index contributed by atoms with van der Waals surface area (Å²) in [5, 5.41) is 1.26. The minimum Gasteiger partial charge on any atom is -0.468 e. The van der Waals surface area contributed by atoms with E-state index in [1.807, 2.05) is 0 Å². The van der Waals surface area contributed by atoms with Gasteiger partial charge in [0, 0.05) is 34.7 Å².